The Balaban J connectivity index is 2.04. The Labute approximate surface area is 105 Å². The molecule has 0 aliphatic heterocycles. The predicted molar refractivity (Wildman–Crippen MR) is 70.6 cm³/mol. The largest absolute Gasteiger partial charge is 0.384 e. The molecule has 0 spiro atoms. The fourth-order valence-corrected chi connectivity index (χ4v) is 1.69. The Kier molecular flexibility index (Phi) is 4.06. The second-order valence-electron chi connectivity index (χ2n) is 3.94. The number of anilines is 1. The van der Waals surface area contributed by atoms with Crippen LogP contribution in [0.3, 0.4) is 0 Å². The molecule has 0 radical (unpaired) electrons. The Morgan fingerprint density at radius 3 is 2.78 bits per heavy atom. The van der Waals surface area contributed by atoms with Crippen LogP contribution in [0.4, 0.5) is 5.69 Å². The maximum absolute atomic E-state index is 11.8. The molecule has 0 aliphatic carbocycles. The highest BCUT2D eigenvalue weighted by Gasteiger charge is 2.00. The number of rotatable bonds is 5. The average Bonchev–Trinajstić information content (AvgIpc) is 2.39. The number of hydrogen-bond acceptors (Lipinski definition) is 4. The van der Waals surface area contributed by atoms with Crippen molar-refractivity contribution in [1.82, 2.24) is 14.8 Å². The van der Waals surface area contributed by atoms with Crippen LogP contribution in [-0.2, 0) is 13.0 Å². The van der Waals surface area contributed by atoms with E-state index in [1.54, 1.807) is 24.7 Å². The third-order valence-electron chi connectivity index (χ3n) is 2.61. The summed E-state index contributed by atoms with van der Waals surface area (Å²) in [7, 11) is 0. The number of nitrogens with one attached hydrogen (secondary N) is 1. The number of aryl methyl sites for hydroxylation is 2. The molecule has 18 heavy (non-hydrogen) atoms. The third-order valence-corrected chi connectivity index (χ3v) is 2.61. The van der Waals surface area contributed by atoms with Gasteiger partial charge in [0.1, 0.15) is 0 Å². The number of hydrogen-bond donors (Lipinski definition) is 1. The summed E-state index contributed by atoms with van der Waals surface area (Å²) in [6.07, 6.45) is 5.95. The minimum atomic E-state index is -0.0810. The zero-order chi connectivity index (χ0) is 12.8. The van der Waals surface area contributed by atoms with Gasteiger partial charge in [0, 0.05) is 31.5 Å². The van der Waals surface area contributed by atoms with Crippen molar-refractivity contribution in [3.8, 4) is 0 Å². The first-order valence-corrected chi connectivity index (χ1v) is 5.99. The van der Waals surface area contributed by atoms with Crippen LogP contribution in [-0.4, -0.2) is 21.3 Å². The van der Waals surface area contributed by atoms with Gasteiger partial charge < -0.3 is 5.32 Å². The van der Waals surface area contributed by atoms with Gasteiger partial charge in [0.2, 0.25) is 0 Å². The molecule has 0 unspecified atom stereocenters. The molecule has 94 valence electrons. The molecule has 2 heterocycles. The van der Waals surface area contributed by atoms with E-state index >= 15 is 0 Å². The molecule has 0 amide bonds. The smallest absolute Gasteiger partial charge is 0.268 e. The molecule has 0 fully saturated rings. The van der Waals surface area contributed by atoms with Crippen molar-refractivity contribution < 1.29 is 0 Å². The van der Waals surface area contributed by atoms with E-state index in [4.69, 9.17) is 0 Å². The van der Waals surface area contributed by atoms with Crippen molar-refractivity contribution in [1.29, 1.82) is 0 Å². The zero-order valence-corrected chi connectivity index (χ0v) is 10.3. The molecule has 2 aromatic rings. The molecule has 0 saturated heterocycles. The van der Waals surface area contributed by atoms with Crippen molar-refractivity contribution in [2.45, 2.75) is 19.9 Å². The van der Waals surface area contributed by atoms with Crippen molar-refractivity contribution in [2.75, 3.05) is 11.9 Å². The quantitative estimate of drug-likeness (QED) is 0.861. The van der Waals surface area contributed by atoms with E-state index in [0.29, 0.717) is 6.54 Å². The minimum Gasteiger partial charge on any atom is -0.384 e. The van der Waals surface area contributed by atoms with Gasteiger partial charge in [-0.05, 0) is 31.0 Å². The predicted octanol–water partition coefficient (Wildman–Crippen LogP) is 1.31. The van der Waals surface area contributed by atoms with Crippen molar-refractivity contribution in [3.05, 3.63) is 52.7 Å². The van der Waals surface area contributed by atoms with E-state index in [1.807, 2.05) is 19.1 Å². The van der Waals surface area contributed by atoms with Crippen molar-refractivity contribution in [2.24, 2.45) is 0 Å². The molecule has 2 aromatic heterocycles. The highest BCUT2D eigenvalue weighted by Crippen LogP contribution is 2.01. The van der Waals surface area contributed by atoms with Gasteiger partial charge in [-0.2, -0.15) is 5.10 Å². The summed E-state index contributed by atoms with van der Waals surface area (Å²) in [5, 5.41) is 7.20. The van der Waals surface area contributed by atoms with E-state index in [1.165, 1.54) is 4.68 Å². The molecule has 0 bridgehead atoms. The minimum absolute atomic E-state index is 0.0810. The summed E-state index contributed by atoms with van der Waals surface area (Å²) in [5.41, 5.74) is 1.83. The molecule has 0 aliphatic rings. The van der Waals surface area contributed by atoms with Gasteiger partial charge >= 0.3 is 0 Å². The second-order valence-corrected chi connectivity index (χ2v) is 3.94. The number of nitrogens with zero attached hydrogens (tertiary/aromatic N) is 3. The summed E-state index contributed by atoms with van der Waals surface area (Å²) >= 11 is 0. The van der Waals surface area contributed by atoms with E-state index in [-0.39, 0.29) is 5.56 Å². The number of pyridine rings is 1. The lowest BCUT2D eigenvalue weighted by Gasteiger charge is -2.06. The highest BCUT2D eigenvalue weighted by atomic mass is 16.1. The van der Waals surface area contributed by atoms with Crippen LogP contribution in [0.5, 0.6) is 0 Å². The lowest BCUT2D eigenvalue weighted by Crippen LogP contribution is -2.23. The Morgan fingerprint density at radius 2 is 2.11 bits per heavy atom. The molecule has 0 aromatic carbocycles. The average molecular weight is 244 g/mol. The van der Waals surface area contributed by atoms with Crippen LogP contribution in [0.2, 0.25) is 0 Å². The Hall–Kier alpha value is -2.17. The Morgan fingerprint density at radius 1 is 1.33 bits per heavy atom. The van der Waals surface area contributed by atoms with Gasteiger partial charge in [-0.15, -0.1) is 0 Å². The summed E-state index contributed by atoms with van der Waals surface area (Å²) in [5.74, 6) is 0. The lowest BCUT2D eigenvalue weighted by molar-refractivity contribution is 0.578. The molecule has 1 N–H and O–H groups in total. The highest BCUT2D eigenvalue weighted by molar-refractivity contribution is 5.38. The molecule has 0 atom stereocenters. The van der Waals surface area contributed by atoms with Crippen LogP contribution in [0.25, 0.3) is 0 Å². The van der Waals surface area contributed by atoms with Crippen LogP contribution in [0.15, 0.2) is 41.6 Å². The first-order valence-electron chi connectivity index (χ1n) is 5.99. The first-order chi connectivity index (χ1) is 8.79. The summed E-state index contributed by atoms with van der Waals surface area (Å²) in [4.78, 5) is 15.7. The maximum atomic E-state index is 11.8. The van der Waals surface area contributed by atoms with Gasteiger partial charge in [0.05, 0.1) is 11.9 Å². The molecule has 0 saturated carbocycles. The van der Waals surface area contributed by atoms with E-state index in [9.17, 15) is 4.79 Å². The van der Waals surface area contributed by atoms with Gasteiger partial charge in [0.25, 0.3) is 5.56 Å². The monoisotopic (exact) mass is 244 g/mol. The summed E-state index contributed by atoms with van der Waals surface area (Å²) < 4.78 is 1.47. The van der Waals surface area contributed by atoms with E-state index in [2.05, 4.69) is 15.4 Å². The molecular weight excluding hydrogens is 228 g/mol. The molecular formula is C13H16N4O. The van der Waals surface area contributed by atoms with Gasteiger partial charge in [0.15, 0.2) is 0 Å². The number of aromatic nitrogens is 3. The summed E-state index contributed by atoms with van der Waals surface area (Å²) in [6.45, 7) is 3.34. The van der Waals surface area contributed by atoms with Crippen molar-refractivity contribution >= 4 is 5.69 Å². The molecule has 5 nitrogen and oxygen atoms in total. The Bertz CT molecular complexity index is 550. The molecule has 5 heteroatoms. The summed E-state index contributed by atoms with van der Waals surface area (Å²) in [6, 6.07) is 5.46. The van der Waals surface area contributed by atoms with Crippen molar-refractivity contribution in [3.63, 3.8) is 0 Å². The van der Waals surface area contributed by atoms with E-state index in [0.717, 1.165) is 24.2 Å². The first kappa shape index (κ1) is 12.3. The third kappa shape index (κ3) is 3.16. The zero-order valence-electron chi connectivity index (χ0n) is 10.3. The second kappa shape index (κ2) is 5.95. The lowest BCUT2D eigenvalue weighted by atomic mass is 10.2. The van der Waals surface area contributed by atoms with Crippen LogP contribution >= 0.6 is 0 Å². The van der Waals surface area contributed by atoms with Crippen LogP contribution < -0.4 is 10.9 Å². The molecule has 2 rings (SSSR count). The van der Waals surface area contributed by atoms with Gasteiger partial charge in [-0.25, -0.2) is 4.68 Å². The SMILES string of the molecule is CCNc1cnn(CCc2ccncc2)c(=O)c1. The van der Waals surface area contributed by atoms with Crippen LogP contribution in [0, 0.1) is 0 Å². The van der Waals surface area contributed by atoms with Gasteiger partial charge in [-0.1, -0.05) is 0 Å². The fourth-order valence-electron chi connectivity index (χ4n) is 1.69. The maximum Gasteiger partial charge on any atom is 0.268 e. The topological polar surface area (TPSA) is 59.8 Å². The normalized spacial score (nSPS) is 10.3. The van der Waals surface area contributed by atoms with Gasteiger partial charge in [-0.3, -0.25) is 9.78 Å². The van der Waals surface area contributed by atoms with E-state index < -0.39 is 0 Å². The van der Waals surface area contributed by atoms with Crippen LogP contribution in [0.1, 0.15) is 12.5 Å². The standard InChI is InChI=1S/C13H16N4O/c1-2-15-12-9-13(18)17(16-10-12)8-5-11-3-6-14-7-4-11/h3-4,6-7,9-10,15H,2,5,8H2,1H3. The fraction of sp³-hybridized carbons (Fsp3) is 0.308.